The number of hydrogen-bond donors (Lipinski definition) is 0. The zero-order valence-corrected chi connectivity index (χ0v) is 27.5. The van der Waals surface area contributed by atoms with Gasteiger partial charge in [-0.1, -0.05) is 115 Å². The molecule has 0 saturated carbocycles. The Bertz CT molecular complexity index is 2900. The molecule has 6 aromatic carbocycles. The number of pyridine rings is 2. The minimum absolute atomic E-state index is 0.635. The van der Waals surface area contributed by atoms with Gasteiger partial charge >= 0.3 is 0 Å². The molecule has 11 rings (SSSR count). The molecule has 0 bridgehead atoms. The van der Waals surface area contributed by atoms with E-state index in [0.29, 0.717) is 0 Å². The first-order valence-electron chi connectivity index (χ1n) is 17.3. The Hall–Kier alpha value is -6.78. The predicted octanol–water partition coefficient (Wildman–Crippen LogP) is 11.4. The molecule has 0 N–H and O–H groups in total. The standard InChI is InChI=1S/C47H29N3O/c1-3-11-35-30(9-1)20-22-40-46(35)51-44-14-6-5-13-39(44)47(40)38-12-4-2-10-31(38)16-17-32-18-19-34(28-41(32)47)33-21-23-42-37(27-33)36-24-26-48-29-43(36)50(42)45-15-7-8-25-49-45/h1-29H. The smallest absolute Gasteiger partial charge is 0.140 e. The summed E-state index contributed by atoms with van der Waals surface area (Å²) in [7, 11) is 0. The van der Waals surface area contributed by atoms with Gasteiger partial charge in [0.15, 0.2) is 0 Å². The van der Waals surface area contributed by atoms with E-state index in [1.807, 2.05) is 36.8 Å². The number of rotatable bonds is 2. The van der Waals surface area contributed by atoms with Crippen molar-refractivity contribution >= 4 is 44.7 Å². The van der Waals surface area contributed by atoms with E-state index in [0.717, 1.165) is 66.8 Å². The van der Waals surface area contributed by atoms with Gasteiger partial charge in [-0.05, 0) is 81.2 Å². The number of fused-ring (bicyclic) bond motifs is 13. The fraction of sp³-hybridized carbons (Fsp3) is 0.0213. The minimum atomic E-state index is -0.635. The molecule has 0 fully saturated rings. The Balaban J connectivity index is 1.21. The molecule has 4 heterocycles. The van der Waals surface area contributed by atoms with Crippen molar-refractivity contribution in [3.63, 3.8) is 0 Å². The van der Waals surface area contributed by atoms with Crippen LogP contribution in [0.5, 0.6) is 11.5 Å². The van der Waals surface area contributed by atoms with Crippen molar-refractivity contribution in [1.82, 2.24) is 14.5 Å². The zero-order chi connectivity index (χ0) is 33.5. The molecule has 1 atom stereocenters. The highest BCUT2D eigenvalue weighted by Gasteiger charge is 2.48. The molecule has 3 aromatic heterocycles. The van der Waals surface area contributed by atoms with Crippen LogP contribution in [0, 0.1) is 0 Å². The lowest BCUT2D eigenvalue weighted by atomic mass is 9.61. The van der Waals surface area contributed by atoms with Crippen LogP contribution in [0.4, 0.5) is 0 Å². The number of ether oxygens (including phenoxy) is 1. The van der Waals surface area contributed by atoms with Crippen LogP contribution in [0.1, 0.15) is 33.4 Å². The van der Waals surface area contributed by atoms with Crippen molar-refractivity contribution in [2.24, 2.45) is 0 Å². The van der Waals surface area contributed by atoms with Gasteiger partial charge in [0.1, 0.15) is 17.3 Å². The molecule has 238 valence electrons. The Kier molecular flexibility index (Phi) is 5.84. The molecule has 0 amide bonds. The topological polar surface area (TPSA) is 39.9 Å². The Morgan fingerprint density at radius 3 is 2.22 bits per heavy atom. The van der Waals surface area contributed by atoms with E-state index >= 15 is 0 Å². The van der Waals surface area contributed by atoms with Gasteiger partial charge < -0.3 is 4.74 Å². The van der Waals surface area contributed by atoms with Crippen LogP contribution < -0.4 is 4.74 Å². The van der Waals surface area contributed by atoms with Gasteiger partial charge in [-0.2, -0.15) is 0 Å². The Labute approximate surface area is 294 Å². The molecular formula is C47H29N3O. The predicted molar refractivity (Wildman–Crippen MR) is 207 cm³/mol. The van der Waals surface area contributed by atoms with E-state index in [9.17, 15) is 0 Å². The number of aromatic nitrogens is 3. The highest BCUT2D eigenvalue weighted by atomic mass is 16.5. The lowest BCUT2D eigenvalue weighted by molar-refractivity contribution is 0.439. The van der Waals surface area contributed by atoms with E-state index in [1.165, 1.54) is 27.6 Å². The molecule has 9 aromatic rings. The van der Waals surface area contributed by atoms with Gasteiger partial charge in [0.2, 0.25) is 0 Å². The minimum Gasteiger partial charge on any atom is -0.456 e. The second-order valence-electron chi connectivity index (χ2n) is 13.4. The SMILES string of the molecule is C1=Cc2ccc(-c3ccc4c(c3)c3ccncc3n4-c3ccccn3)cc2C2(c3ccccc31)c1ccccc1Oc1c2ccc2ccccc12. The molecule has 51 heavy (non-hydrogen) atoms. The van der Waals surface area contributed by atoms with Gasteiger partial charge in [0, 0.05) is 39.7 Å². The van der Waals surface area contributed by atoms with Crippen LogP contribution >= 0.6 is 0 Å². The molecule has 0 saturated heterocycles. The second kappa shape index (κ2) is 10.6. The normalized spacial score (nSPS) is 15.6. The molecule has 1 spiro atoms. The third kappa shape index (κ3) is 3.90. The molecule has 4 nitrogen and oxygen atoms in total. The molecule has 1 unspecified atom stereocenters. The Morgan fingerprint density at radius 2 is 1.29 bits per heavy atom. The quantitative estimate of drug-likeness (QED) is 0.187. The first-order valence-corrected chi connectivity index (χ1v) is 17.3. The van der Waals surface area contributed by atoms with Crippen molar-refractivity contribution in [2.75, 3.05) is 0 Å². The molecular weight excluding hydrogens is 623 g/mol. The van der Waals surface area contributed by atoms with Crippen LogP contribution in [0.3, 0.4) is 0 Å². The lowest BCUT2D eigenvalue weighted by Crippen LogP contribution is -2.35. The van der Waals surface area contributed by atoms with Crippen molar-refractivity contribution < 1.29 is 4.74 Å². The fourth-order valence-corrected chi connectivity index (χ4v) is 8.64. The van der Waals surface area contributed by atoms with Crippen LogP contribution in [0.2, 0.25) is 0 Å². The summed E-state index contributed by atoms with van der Waals surface area (Å²) < 4.78 is 9.10. The molecule has 4 heteroatoms. The van der Waals surface area contributed by atoms with Crippen molar-refractivity contribution in [3.05, 3.63) is 198 Å². The number of para-hydroxylation sites is 1. The van der Waals surface area contributed by atoms with Crippen LogP contribution in [-0.4, -0.2) is 14.5 Å². The number of nitrogens with zero attached hydrogens (tertiary/aromatic N) is 3. The average molecular weight is 652 g/mol. The van der Waals surface area contributed by atoms with E-state index in [2.05, 4.69) is 149 Å². The van der Waals surface area contributed by atoms with E-state index in [4.69, 9.17) is 9.72 Å². The second-order valence-corrected chi connectivity index (χ2v) is 13.4. The van der Waals surface area contributed by atoms with Crippen LogP contribution in [-0.2, 0) is 5.41 Å². The monoisotopic (exact) mass is 651 g/mol. The zero-order valence-electron chi connectivity index (χ0n) is 27.5. The summed E-state index contributed by atoms with van der Waals surface area (Å²) in [5.41, 5.74) is 11.0. The van der Waals surface area contributed by atoms with Crippen molar-refractivity contribution in [1.29, 1.82) is 0 Å². The van der Waals surface area contributed by atoms with Gasteiger partial charge in [-0.25, -0.2) is 4.98 Å². The summed E-state index contributed by atoms with van der Waals surface area (Å²) in [6.07, 6.45) is 10.2. The summed E-state index contributed by atoms with van der Waals surface area (Å²) in [6.45, 7) is 0. The number of benzene rings is 6. The largest absolute Gasteiger partial charge is 0.456 e. The third-order valence-electron chi connectivity index (χ3n) is 10.8. The fourth-order valence-electron chi connectivity index (χ4n) is 8.64. The average Bonchev–Trinajstić information content (AvgIpc) is 3.45. The first kappa shape index (κ1) is 28.1. The highest BCUT2D eigenvalue weighted by molar-refractivity contribution is 6.10. The van der Waals surface area contributed by atoms with Gasteiger partial charge in [0.05, 0.1) is 22.6 Å². The maximum absolute atomic E-state index is 6.90. The summed E-state index contributed by atoms with van der Waals surface area (Å²) in [5.74, 6) is 2.67. The van der Waals surface area contributed by atoms with Crippen LogP contribution in [0.15, 0.2) is 164 Å². The van der Waals surface area contributed by atoms with Crippen molar-refractivity contribution in [3.8, 4) is 28.4 Å². The number of hydrogen-bond acceptors (Lipinski definition) is 3. The molecule has 2 aliphatic rings. The van der Waals surface area contributed by atoms with Gasteiger partial charge in [-0.15, -0.1) is 0 Å². The lowest BCUT2D eigenvalue weighted by Gasteiger charge is -2.43. The first-order chi connectivity index (χ1) is 25.3. The Morgan fingerprint density at radius 1 is 0.510 bits per heavy atom. The molecule has 0 radical (unpaired) electrons. The van der Waals surface area contributed by atoms with Crippen LogP contribution in [0.25, 0.3) is 61.7 Å². The van der Waals surface area contributed by atoms with Crippen molar-refractivity contribution in [2.45, 2.75) is 5.41 Å². The summed E-state index contributed by atoms with van der Waals surface area (Å²) in [5, 5.41) is 4.59. The highest BCUT2D eigenvalue weighted by Crippen LogP contribution is 2.59. The molecule has 1 aliphatic heterocycles. The van der Waals surface area contributed by atoms with E-state index in [-0.39, 0.29) is 0 Å². The third-order valence-corrected chi connectivity index (χ3v) is 10.8. The summed E-state index contributed by atoms with van der Waals surface area (Å²) in [6, 6.07) is 52.4. The summed E-state index contributed by atoms with van der Waals surface area (Å²) in [4.78, 5) is 9.19. The van der Waals surface area contributed by atoms with E-state index in [1.54, 1.807) is 0 Å². The van der Waals surface area contributed by atoms with Gasteiger partial charge in [-0.3, -0.25) is 9.55 Å². The van der Waals surface area contributed by atoms with E-state index < -0.39 is 5.41 Å². The maximum Gasteiger partial charge on any atom is 0.140 e. The maximum atomic E-state index is 6.90. The molecule has 1 aliphatic carbocycles. The van der Waals surface area contributed by atoms with Gasteiger partial charge in [0.25, 0.3) is 0 Å². The summed E-state index contributed by atoms with van der Waals surface area (Å²) >= 11 is 0.